The average molecular weight is 345 g/mol. The number of para-hydroxylation sites is 1. The topological polar surface area (TPSA) is 50.4 Å². The Balaban J connectivity index is 1.67. The molecule has 26 heavy (non-hydrogen) atoms. The molecule has 4 rings (SSSR count). The molecule has 0 atom stereocenters. The second kappa shape index (κ2) is 7.56. The summed E-state index contributed by atoms with van der Waals surface area (Å²) in [6, 6.07) is 18.7. The predicted molar refractivity (Wildman–Crippen MR) is 104 cm³/mol. The summed E-state index contributed by atoms with van der Waals surface area (Å²) in [5.41, 5.74) is 5.05. The summed E-state index contributed by atoms with van der Waals surface area (Å²) in [6.07, 6.45) is 9.97. The summed E-state index contributed by atoms with van der Waals surface area (Å²) >= 11 is 0. The first-order valence-corrected chi connectivity index (χ1v) is 9.28. The summed E-state index contributed by atoms with van der Waals surface area (Å²) in [5.74, 6) is 0.693. The van der Waals surface area contributed by atoms with E-state index < -0.39 is 0 Å². The molecule has 1 aliphatic rings. The molecule has 0 unspecified atom stereocenters. The first kappa shape index (κ1) is 16.6. The van der Waals surface area contributed by atoms with Crippen LogP contribution in [0, 0.1) is 0 Å². The van der Waals surface area contributed by atoms with Crippen LogP contribution >= 0.6 is 0 Å². The van der Waals surface area contributed by atoms with E-state index in [-0.39, 0.29) is 0 Å². The molecule has 1 heterocycles. The van der Waals surface area contributed by atoms with Crippen LogP contribution in [0.15, 0.2) is 65.9 Å². The molecule has 3 aromatic rings. The number of aromatic nitrogens is 2. The second-order valence-corrected chi connectivity index (χ2v) is 6.91. The van der Waals surface area contributed by atoms with Gasteiger partial charge in [-0.25, -0.2) is 4.68 Å². The minimum atomic E-state index is 0.693. The van der Waals surface area contributed by atoms with Crippen LogP contribution in [0.25, 0.3) is 16.9 Å². The van der Waals surface area contributed by atoms with Gasteiger partial charge >= 0.3 is 0 Å². The largest absolute Gasteiger partial charge is 0.411 e. The van der Waals surface area contributed by atoms with Gasteiger partial charge < -0.3 is 5.21 Å². The quantitative estimate of drug-likeness (QED) is 0.391. The van der Waals surface area contributed by atoms with Gasteiger partial charge in [-0.2, -0.15) is 5.10 Å². The van der Waals surface area contributed by atoms with Crippen LogP contribution in [-0.4, -0.2) is 21.2 Å². The Bertz CT molecular complexity index is 876. The highest BCUT2D eigenvalue weighted by Gasteiger charge is 2.16. The Kier molecular flexibility index (Phi) is 4.82. The molecule has 1 N–H and O–H groups in total. The van der Waals surface area contributed by atoms with Gasteiger partial charge in [-0.05, 0) is 36.5 Å². The maximum atomic E-state index is 9.02. The SMILES string of the molecule is O/N=C\c1cn(-c2ccccc2)nc1-c1ccc(C2CCCCC2)cc1. The molecular weight excluding hydrogens is 322 g/mol. The molecule has 0 radical (unpaired) electrons. The van der Waals surface area contributed by atoms with Crippen molar-refractivity contribution in [3.8, 4) is 16.9 Å². The van der Waals surface area contributed by atoms with Crippen molar-refractivity contribution in [1.82, 2.24) is 9.78 Å². The van der Waals surface area contributed by atoms with Gasteiger partial charge in [0.2, 0.25) is 0 Å². The molecule has 4 nitrogen and oxygen atoms in total. The highest BCUT2D eigenvalue weighted by molar-refractivity contribution is 5.88. The number of hydrogen-bond donors (Lipinski definition) is 1. The van der Waals surface area contributed by atoms with Gasteiger partial charge in [0.05, 0.1) is 11.9 Å². The summed E-state index contributed by atoms with van der Waals surface area (Å²) in [5, 5.41) is 17.0. The molecule has 1 aliphatic carbocycles. The zero-order valence-electron chi connectivity index (χ0n) is 14.8. The highest BCUT2D eigenvalue weighted by atomic mass is 16.4. The molecule has 1 aromatic heterocycles. The zero-order valence-corrected chi connectivity index (χ0v) is 14.8. The molecule has 4 heteroatoms. The van der Waals surface area contributed by atoms with Crippen LogP contribution in [0.5, 0.6) is 0 Å². The maximum absolute atomic E-state index is 9.02. The molecule has 132 valence electrons. The maximum Gasteiger partial charge on any atom is 0.102 e. The van der Waals surface area contributed by atoms with Gasteiger partial charge in [0.1, 0.15) is 5.69 Å². The van der Waals surface area contributed by atoms with Crippen molar-refractivity contribution < 1.29 is 5.21 Å². The van der Waals surface area contributed by atoms with Crippen molar-refractivity contribution in [1.29, 1.82) is 0 Å². The molecule has 0 aliphatic heterocycles. The van der Waals surface area contributed by atoms with Gasteiger partial charge in [0, 0.05) is 17.3 Å². The molecule has 1 saturated carbocycles. The van der Waals surface area contributed by atoms with E-state index >= 15 is 0 Å². The highest BCUT2D eigenvalue weighted by Crippen LogP contribution is 2.33. The van der Waals surface area contributed by atoms with Crippen molar-refractivity contribution >= 4 is 6.21 Å². The van der Waals surface area contributed by atoms with Gasteiger partial charge in [0.15, 0.2) is 0 Å². The average Bonchev–Trinajstić information content (AvgIpc) is 3.14. The number of nitrogens with zero attached hydrogens (tertiary/aromatic N) is 3. The standard InChI is InChI=1S/C22H23N3O/c26-23-15-20-16-25(21-9-5-2-6-10-21)24-22(20)19-13-11-18(12-14-19)17-7-3-1-4-8-17/h2,5-6,9-17,26H,1,3-4,7-8H2/b23-15-. The van der Waals surface area contributed by atoms with Crippen LogP contribution in [0.2, 0.25) is 0 Å². The molecule has 0 spiro atoms. The smallest absolute Gasteiger partial charge is 0.102 e. The van der Waals surface area contributed by atoms with Crippen LogP contribution in [0.1, 0.15) is 49.1 Å². The van der Waals surface area contributed by atoms with E-state index in [9.17, 15) is 0 Å². The van der Waals surface area contributed by atoms with E-state index in [1.54, 1.807) is 0 Å². The van der Waals surface area contributed by atoms with E-state index in [1.807, 2.05) is 41.2 Å². The number of rotatable bonds is 4. The predicted octanol–water partition coefficient (Wildman–Crippen LogP) is 5.40. The Morgan fingerprint density at radius 3 is 2.38 bits per heavy atom. The van der Waals surface area contributed by atoms with Crippen molar-refractivity contribution in [2.24, 2.45) is 5.16 Å². The Morgan fingerprint density at radius 1 is 0.962 bits per heavy atom. The van der Waals surface area contributed by atoms with Crippen LogP contribution in [-0.2, 0) is 0 Å². The lowest BCUT2D eigenvalue weighted by Gasteiger charge is -2.22. The number of benzene rings is 2. The minimum absolute atomic E-state index is 0.693. The van der Waals surface area contributed by atoms with Crippen molar-refractivity contribution in [3.63, 3.8) is 0 Å². The zero-order chi connectivity index (χ0) is 17.8. The summed E-state index contributed by atoms with van der Waals surface area (Å²) in [4.78, 5) is 0. The third-order valence-corrected chi connectivity index (χ3v) is 5.22. The fourth-order valence-electron chi connectivity index (χ4n) is 3.83. The van der Waals surface area contributed by atoms with E-state index in [1.165, 1.54) is 43.9 Å². The summed E-state index contributed by atoms with van der Waals surface area (Å²) < 4.78 is 1.82. The minimum Gasteiger partial charge on any atom is -0.411 e. The fraction of sp³-hybridized carbons (Fsp3) is 0.273. The van der Waals surface area contributed by atoms with Crippen LogP contribution in [0.4, 0.5) is 0 Å². The molecule has 1 fully saturated rings. The molecule has 0 saturated heterocycles. The second-order valence-electron chi connectivity index (χ2n) is 6.91. The summed E-state index contributed by atoms with van der Waals surface area (Å²) in [6.45, 7) is 0. The third-order valence-electron chi connectivity index (χ3n) is 5.22. The lowest BCUT2D eigenvalue weighted by atomic mass is 9.84. The van der Waals surface area contributed by atoms with Gasteiger partial charge in [0.25, 0.3) is 0 Å². The molecular formula is C22H23N3O. The van der Waals surface area contributed by atoms with Crippen molar-refractivity contribution in [2.75, 3.05) is 0 Å². The lowest BCUT2D eigenvalue weighted by molar-refractivity contribution is 0.322. The summed E-state index contributed by atoms with van der Waals surface area (Å²) in [7, 11) is 0. The third kappa shape index (κ3) is 3.40. The van der Waals surface area contributed by atoms with Crippen LogP contribution in [0.3, 0.4) is 0 Å². The Morgan fingerprint density at radius 2 is 1.69 bits per heavy atom. The Hall–Kier alpha value is -2.88. The monoisotopic (exact) mass is 345 g/mol. The molecule has 2 aromatic carbocycles. The fourth-order valence-corrected chi connectivity index (χ4v) is 3.83. The van der Waals surface area contributed by atoms with Gasteiger partial charge in [-0.15, -0.1) is 0 Å². The van der Waals surface area contributed by atoms with Crippen molar-refractivity contribution in [3.05, 3.63) is 71.9 Å². The van der Waals surface area contributed by atoms with E-state index in [0.717, 1.165) is 22.5 Å². The van der Waals surface area contributed by atoms with Gasteiger partial charge in [-0.3, -0.25) is 0 Å². The normalized spacial score (nSPS) is 15.5. The lowest BCUT2D eigenvalue weighted by Crippen LogP contribution is -2.04. The molecule has 0 bridgehead atoms. The number of oxime groups is 1. The Labute approximate surface area is 153 Å². The van der Waals surface area contributed by atoms with E-state index in [0.29, 0.717) is 5.92 Å². The van der Waals surface area contributed by atoms with Crippen LogP contribution < -0.4 is 0 Å². The molecule has 0 amide bonds. The number of hydrogen-bond acceptors (Lipinski definition) is 3. The van der Waals surface area contributed by atoms with Crippen molar-refractivity contribution in [2.45, 2.75) is 38.0 Å². The van der Waals surface area contributed by atoms with E-state index in [2.05, 4.69) is 29.4 Å². The first-order valence-electron chi connectivity index (χ1n) is 9.28. The van der Waals surface area contributed by atoms with E-state index in [4.69, 9.17) is 10.3 Å². The first-order chi connectivity index (χ1) is 12.8. The van der Waals surface area contributed by atoms with Gasteiger partial charge in [-0.1, -0.05) is 66.9 Å².